The van der Waals surface area contributed by atoms with Gasteiger partial charge in [0.15, 0.2) is 5.76 Å². The lowest BCUT2D eigenvalue weighted by atomic mass is 10.1. The lowest BCUT2D eigenvalue weighted by Crippen LogP contribution is -2.45. The van der Waals surface area contributed by atoms with Crippen LogP contribution < -0.4 is 10.6 Å². The summed E-state index contributed by atoms with van der Waals surface area (Å²) in [5.74, 6) is -0.504. The average molecular weight is 287 g/mol. The number of rotatable bonds is 5. The van der Waals surface area contributed by atoms with Crippen molar-refractivity contribution in [1.82, 2.24) is 15.6 Å². The minimum absolute atomic E-state index is 0.163. The van der Waals surface area contributed by atoms with Crippen molar-refractivity contribution in [2.45, 2.75) is 25.9 Å². The zero-order valence-corrected chi connectivity index (χ0v) is 11.9. The quantitative estimate of drug-likeness (QED) is 0.876. The Balaban J connectivity index is 1.89. The van der Waals surface area contributed by atoms with E-state index in [-0.39, 0.29) is 17.7 Å². The summed E-state index contributed by atoms with van der Waals surface area (Å²) < 4.78 is 4.98. The Morgan fingerprint density at radius 3 is 2.48 bits per heavy atom. The molecule has 6 heteroatoms. The Hall–Kier alpha value is -2.63. The monoisotopic (exact) mass is 287 g/mol. The molecule has 0 aliphatic rings. The highest BCUT2D eigenvalue weighted by atomic mass is 16.3. The Labute approximate surface area is 122 Å². The van der Waals surface area contributed by atoms with Crippen molar-refractivity contribution in [3.63, 3.8) is 0 Å². The first-order valence-corrected chi connectivity index (χ1v) is 6.62. The number of furan rings is 1. The highest BCUT2D eigenvalue weighted by molar-refractivity contribution is 5.95. The van der Waals surface area contributed by atoms with Gasteiger partial charge in [0.25, 0.3) is 5.91 Å². The van der Waals surface area contributed by atoms with Gasteiger partial charge >= 0.3 is 0 Å². The minimum atomic E-state index is -0.660. The minimum Gasteiger partial charge on any atom is -0.459 e. The Bertz CT molecular complexity index is 596. The number of aromatic nitrogens is 1. The van der Waals surface area contributed by atoms with Gasteiger partial charge in [-0.25, -0.2) is 0 Å². The zero-order chi connectivity index (χ0) is 15.2. The van der Waals surface area contributed by atoms with E-state index in [1.807, 2.05) is 19.1 Å². The molecule has 110 valence electrons. The molecule has 0 aliphatic heterocycles. The van der Waals surface area contributed by atoms with Gasteiger partial charge in [-0.2, -0.15) is 0 Å². The van der Waals surface area contributed by atoms with Crippen molar-refractivity contribution in [1.29, 1.82) is 0 Å². The normalized spacial score (nSPS) is 13.2. The fraction of sp³-hybridized carbons (Fsp3) is 0.267. The second-order valence-corrected chi connectivity index (χ2v) is 4.68. The molecule has 0 spiro atoms. The van der Waals surface area contributed by atoms with Crippen LogP contribution in [0.5, 0.6) is 0 Å². The molecule has 2 unspecified atom stereocenters. The SMILES string of the molecule is CC(NC(=O)c1ccco1)C(=O)NC(C)c1ccncc1. The molecular formula is C15H17N3O3. The molecule has 2 aromatic heterocycles. The first kappa shape index (κ1) is 14.8. The van der Waals surface area contributed by atoms with E-state index >= 15 is 0 Å². The van der Waals surface area contributed by atoms with Crippen LogP contribution in [0.4, 0.5) is 0 Å². The third-order valence-corrected chi connectivity index (χ3v) is 3.05. The van der Waals surface area contributed by atoms with E-state index in [9.17, 15) is 9.59 Å². The summed E-state index contributed by atoms with van der Waals surface area (Å²) in [4.78, 5) is 27.8. The molecule has 0 aromatic carbocycles. The molecule has 0 bridgehead atoms. The third-order valence-electron chi connectivity index (χ3n) is 3.05. The van der Waals surface area contributed by atoms with Gasteiger partial charge in [-0.15, -0.1) is 0 Å². The molecule has 0 saturated carbocycles. The van der Waals surface area contributed by atoms with E-state index in [1.165, 1.54) is 6.26 Å². The summed E-state index contributed by atoms with van der Waals surface area (Å²) in [5, 5.41) is 5.42. The van der Waals surface area contributed by atoms with Crippen molar-refractivity contribution in [3.8, 4) is 0 Å². The maximum Gasteiger partial charge on any atom is 0.287 e. The molecule has 2 amide bonds. The lowest BCUT2D eigenvalue weighted by molar-refractivity contribution is -0.123. The molecule has 0 radical (unpaired) electrons. The highest BCUT2D eigenvalue weighted by Crippen LogP contribution is 2.10. The number of nitrogens with zero attached hydrogens (tertiary/aromatic N) is 1. The van der Waals surface area contributed by atoms with Gasteiger partial charge in [0.05, 0.1) is 12.3 Å². The zero-order valence-electron chi connectivity index (χ0n) is 11.9. The summed E-state index contributed by atoms with van der Waals surface area (Å²) in [7, 11) is 0. The van der Waals surface area contributed by atoms with Crippen LogP contribution in [0.3, 0.4) is 0 Å². The van der Waals surface area contributed by atoms with Gasteiger partial charge in [-0.3, -0.25) is 14.6 Å². The topological polar surface area (TPSA) is 84.2 Å². The number of pyridine rings is 1. The van der Waals surface area contributed by atoms with Gasteiger partial charge in [0.1, 0.15) is 6.04 Å². The van der Waals surface area contributed by atoms with Crippen LogP contribution in [0.2, 0.25) is 0 Å². The van der Waals surface area contributed by atoms with Crippen LogP contribution in [0.25, 0.3) is 0 Å². The van der Waals surface area contributed by atoms with Gasteiger partial charge in [-0.05, 0) is 43.7 Å². The maximum atomic E-state index is 12.1. The molecule has 0 fully saturated rings. The van der Waals surface area contributed by atoms with E-state index in [0.717, 1.165) is 5.56 Å². The summed E-state index contributed by atoms with van der Waals surface area (Å²) in [6.07, 6.45) is 4.74. The second-order valence-electron chi connectivity index (χ2n) is 4.68. The fourth-order valence-corrected chi connectivity index (χ4v) is 1.81. The molecule has 0 aliphatic carbocycles. The molecule has 6 nitrogen and oxygen atoms in total. The second kappa shape index (κ2) is 6.69. The molecular weight excluding hydrogens is 270 g/mol. The van der Waals surface area contributed by atoms with E-state index in [2.05, 4.69) is 15.6 Å². The number of nitrogens with one attached hydrogen (secondary N) is 2. The van der Waals surface area contributed by atoms with E-state index < -0.39 is 11.9 Å². The maximum absolute atomic E-state index is 12.1. The van der Waals surface area contributed by atoms with Crippen LogP contribution in [0.1, 0.15) is 36.0 Å². The Morgan fingerprint density at radius 2 is 1.86 bits per heavy atom. The van der Waals surface area contributed by atoms with Gasteiger partial charge < -0.3 is 15.1 Å². The molecule has 21 heavy (non-hydrogen) atoms. The summed E-state index contributed by atoms with van der Waals surface area (Å²) in [6.45, 7) is 3.49. The predicted octanol–water partition coefficient (Wildman–Crippen LogP) is 1.67. The molecule has 2 N–H and O–H groups in total. The van der Waals surface area contributed by atoms with Gasteiger partial charge in [0.2, 0.25) is 5.91 Å². The van der Waals surface area contributed by atoms with E-state index in [0.29, 0.717) is 0 Å². The number of carbonyl (C=O) groups excluding carboxylic acids is 2. The largest absolute Gasteiger partial charge is 0.459 e. The van der Waals surface area contributed by atoms with Crippen LogP contribution in [-0.4, -0.2) is 22.8 Å². The van der Waals surface area contributed by atoms with Gasteiger partial charge in [0, 0.05) is 12.4 Å². The van der Waals surface area contributed by atoms with Crippen molar-refractivity contribution in [2.75, 3.05) is 0 Å². The van der Waals surface area contributed by atoms with E-state index in [4.69, 9.17) is 4.42 Å². The van der Waals surface area contributed by atoms with Crippen molar-refractivity contribution in [3.05, 3.63) is 54.2 Å². The van der Waals surface area contributed by atoms with Crippen LogP contribution in [0.15, 0.2) is 47.3 Å². The smallest absolute Gasteiger partial charge is 0.287 e. The van der Waals surface area contributed by atoms with Crippen LogP contribution in [0, 0.1) is 0 Å². The van der Waals surface area contributed by atoms with Crippen LogP contribution in [-0.2, 0) is 4.79 Å². The summed E-state index contributed by atoms with van der Waals surface area (Å²) in [6, 6.07) is 5.99. The molecule has 2 atom stereocenters. The predicted molar refractivity (Wildman–Crippen MR) is 76.4 cm³/mol. The van der Waals surface area contributed by atoms with Crippen molar-refractivity contribution < 1.29 is 14.0 Å². The molecule has 2 aromatic rings. The summed E-state index contributed by atoms with van der Waals surface area (Å²) in [5.41, 5.74) is 0.947. The van der Waals surface area contributed by atoms with Gasteiger partial charge in [-0.1, -0.05) is 0 Å². The number of hydrogen-bond donors (Lipinski definition) is 2. The first-order chi connectivity index (χ1) is 10.1. The fourth-order valence-electron chi connectivity index (χ4n) is 1.81. The first-order valence-electron chi connectivity index (χ1n) is 6.62. The number of hydrogen-bond acceptors (Lipinski definition) is 4. The third kappa shape index (κ3) is 3.92. The Morgan fingerprint density at radius 1 is 1.14 bits per heavy atom. The van der Waals surface area contributed by atoms with Crippen molar-refractivity contribution >= 4 is 11.8 Å². The lowest BCUT2D eigenvalue weighted by Gasteiger charge is -2.18. The summed E-state index contributed by atoms with van der Waals surface area (Å²) >= 11 is 0. The standard InChI is InChI=1S/C15H17N3O3/c1-10(12-5-7-16-8-6-12)17-14(19)11(2)18-15(20)13-4-3-9-21-13/h3-11H,1-2H3,(H,17,19)(H,18,20). The van der Waals surface area contributed by atoms with E-state index in [1.54, 1.807) is 31.5 Å². The van der Waals surface area contributed by atoms with Crippen LogP contribution >= 0.6 is 0 Å². The highest BCUT2D eigenvalue weighted by Gasteiger charge is 2.19. The average Bonchev–Trinajstić information content (AvgIpc) is 3.02. The number of carbonyl (C=O) groups is 2. The number of amides is 2. The Kier molecular flexibility index (Phi) is 4.71. The molecule has 2 heterocycles. The molecule has 0 saturated heterocycles. The van der Waals surface area contributed by atoms with Crippen molar-refractivity contribution in [2.24, 2.45) is 0 Å². The molecule has 2 rings (SSSR count).